The van der Waals surface area contributed by atoms with Gasteiger partial charge in [0.05, 0.1) is 30.1 Å². The van der Waals surface area contributed by atoms with Gasteiger partial charge in [-0.15, -0.1) is 13.2 Å². The van der Waals surface area contributed by atoms with E-state index < -0.39 is 12.3 Å². The van der Waals surface area contributed by atoms with Crippen LogP contribution in [0.15, 0.2) is 61.6 Å². The molecule has 11 heteroatoms. The van der Waals surface area contributed by atoms with Gasteiger partial charge in [0.25, 0.3) is 0 Å². The lowest BCUT2D eigenvalue weighted by Crippen LogP contribution is -2.72. The fourth-order valence-corrected chi connectivity index (χ4v) is 3.42. The highest BCUT2D eigenvalue weighted by atomic mass is 19.4. The number of hydrogen-bond acceptors (Lipinski definition) is 5. The van der Waals surface area contributed by atoms with E-state index in [0.29, 0.717) is 28.7 Å². The Morgan fingerprint density at radius 1 is 1.29 bits per heavy atom. The molecule has 1 saturated carbocycles. The molecule has 4 rings (SSSR count). The van der Waals surface area contributed by atoms with Gasteiger partial charge in [-0.1, -0.05) is 6.58 Å². The zero-order valence-corrected chi connectivity index (χ0v) is 18.0. The molecular formula is C23H22F3N6O2+. The largest absolute Gasteiger partial charge is 0.573 e. The summed E-state index contributed by atoms with van der Waals surface area (Å²) in [7, 11) is 0. The number of amides is 1. The predicted molar refractivity (Wildman–Crippen MR) is 118 cm³/mol. The van der Waals surface area contributed by atoms with Crippen molar-refractivity contribution in [3.63, 3.8) is 0 Å². The lowest BCUT2D eigenvalue weighted by molar-refractivity contribution is -0.483. The van der Waals surface area contributed by atoms with Crippen LogP contribution in [0.2, 0.25) is 0 Å². The minimum absolute atomic E-state index is 0.0560. The maximum absolute atomic E-state index is 12.4. The van der Waals surface area contributed by atoms with Crippen molar-refractivity contribution in [2.75, 3.05) is 6.54 Å². The first-order valence-electron chi connectivity index (χ1n) is 10.5. The average molecular weight is 471 g/mol. The molecule has 1 fully saturated rings. The Hall–Kier alpha value is -3.99. The molecule has 0 saturated heterocycles. The van der Waals surface area contributed by atoms with Crippen molar-refractivity contribution in [1.82, 2.24) is 20.1 Å². The number of carbonyl (C=O) groups excluding carboxylic acids is 1. The van der Waals surface area contributed by atoms with Gasteiger partial charge in [-0.2, -0.15) is 5.10 Å². The number of hydrogen-bond donors (Lipinski definition) is 3. The zero-order valence-electron chi connectivity index (χ0n) is 18.0. The van der Waals surface area contributed by atoms with Gasteiger partial charge in [-0.25, -0.2) is 4.98 Å². The zero-order chi connectivity index (χ0) is 24.3. The maximum Gasteiger partial charge on any atom is 0.573 e. The van der Waals surface area contributed by atoms with Gasteiger partial charge in [-0.05, 0) is 37.1 Å². The second-order valence-corrected chi connectivity index (χ2v) is 7.72. The van der Waals surface area contributed by atoms with E-state index in [2.05, 4.69) is 26.7 Å². The smallest absolute Gasteiger partial charge is 0.406 e. The molecule has 176 valence electrons. The number of ether oxygens (including phenoxy) is 1. The van der Waals surface area contributed by atoms with E-state index >= 15 is 0 Å². The summed E-state index contributed by atoms with van der Waals surface area (Å²) in [5.74, 6) is -0.319. The summed E-state index contributed by atoms with van der Waals surface area (Å²) in [6, 6.07) is 7.50. The molecule has 34 heavy (non-hydrogen) atoms. The highest BCUT2D eigenvalue weighted by Gasteiger charge is 2.31. The molecule has 2 heterocycles. The first-order chi connectivity index (χ1) is 16.2. The minimum atomic E-state index is -4.77. The van der Waals surface area contributed by atoms with E-state index in [1.807, 2.05) is 10.9 Å². The van der Waals surface area contributed by atoms with Gasteiger partial charge in [0.2, 0.25) is 11.7 Å². The van der Waals surface area contributed by atoms with Crippen LogP contribution < -0.4 is 15.4 Å². The lowest BCUT2D eigenvalue weighted by atomic mass is 9.99. The maximum atomic E-state index is 12.4. The number of aromatic nitrogens is 3. The van der Waals surface area contributed by atoms with Crippen LogP contribution in [0.25, 0.3) is 11.1 Å². The first kappa shape index (κ1) is 23.2. The van der Waals surface area contributed by atoms with E-state index in [9.17, 15) is 18.0 Å². The Labute approximate surface area is 193 Å². The average Bonchev–Trinajstić information content (AvgIpc) is 3.54. The highest BCUT2D eigenvalue weighted by molar-refractivity contribution is 6.09. The Morgan fingerprint density at radius 3 is 2.68 bits per heavy atom. The first-order valence-corrected chi connectivity index (χ1v) is 10.5. The Balaban J connectivity index is 1.65. The van der Waals surface area contributed by atoms with Crippen LogP contribution in [0.1, 0.15) is 24.4 Å². The molecule has 0 unspecified atom stereocenters. The van der Waals surface area contributed by atoms with Gasteiger partial charge in [0.15, 0.2) is 0 Å². The van der Waals surface area contributed by atoms with Crippen LogP contribution in [0.3, 0.4) is 0 Å². The summed E-state index contributed by atoms with van der Waals surface area (Å²) >= 11 is 0. The summed E-state index contributed by atoms with van der Waals surface area (Å²) in [5.41, 5.74) is 2.67. The lowest BCUT2D eigenvalue weighted by Gasteiger charge is -2.13. The molecule has 1 amide bonds. The van der Waals surface area contributed by atoms with E-state index in [-0.39, 0.29) is 18.0 Å². The topological polar surface area (TPSA) is 110 Å². The second kappa shape index (κ2) is 9.48. The molecule has 0 aliphatic heterocycles. The van der Waals surface area contributed by atoms with E-state index in [0.717, 1.165) is 24.5 Å². The quantitative estimate of drug-likeness (QED) is 0.253. The van der Waals surface area contributed by atoms with Crippen molar-refractivity contribution in [1.29, 1.82) is 5.41 Å². The molecular weight excluding hydrogens is 449 g/mol. The van der Waals surface area contributed by atoms with Crippen molar-refractivity contribution in [2.45, 2.75) is 25.2 Å². The number of nitrogens with two attached hydrogens (primary N) is 1. The molecule has 0 atom stereocenters. The van der Waals surface area contributed by atoms with E-state index in [1.165, 1.54) is 24.3 Å². The number of quaternary nitrogens is 1. The summed E-state index contributed by atoms with van der Waals surface area (Å²) < 4.78 is 43.1. The van der Waals surface area contributed by atoms with Crippen LogP contribution in [0.5, 0.6) is 5.75 Å². The third-order valence-corrected chi connectivity index (χ3v) is 5.16. The van der Waals surface area contributed by atoms with Crippen LogP contribution in [0.4, 0.5) is 24.7 Å². The molecule has 0 spiro atoms. The van der Waals surface area contributed by atoms with Crippen molar-refractivity contribution in [2.24, 2.45) is 0 Å². The van der Waals surface area contributed by atoms with E-state index in [4.69, 9.17) is 5.41 Å². The van der Waals surface area contributed by atoms with Gasteiger partial charge < -0.3 is 15.5 Å². The number of pyridine rings is 1. The number of benzene rings is 1. The Bertz CT molecular complexity index is 1220. The number of rotatable bonds is 9. The Morgan fingerprint density at radius 2 is 2.03 bits per heavy atom. The van der Waals surface area contributed by atoms with Crippen LogP contribution in [-0.2, 0) is 4.79 Å². The van der Waals surface area contributed by atoms with Gasteiger partial charge in [-0.3, -0.25) is 14.8 Å². The van der Waals surface area contributed by atoms with Crippen molar-refractivity contribution >= 4 is 23.1 Å². The summed E-state index contributed by atoms with van der Waals surface area (Å²) in [6.45, 7) is 3.36. The van der Waals surface area contributed by atoms with Gasteiger partial charge in [0, 0.05) is 35.7 Å². The van der Waals surface area contributed by atoms with Gasteiger partial charge in [0.1, 0.15) is 11.4 Å². The SMILES string of the molecule is C=CC(=O)NCC(=N)c1c(-c2cnn(C3CC3)c2)ccnc1[NH2+]c1ccc(OC(F)(F)F)cc1. The summed E-state index contributed by atoms with van der Waals surface area (Å²) in [5, 5.41) is 17.3. The van der Waals surface area contributed by atoms with Crippen LogP contribution >= 0.6 is 0 Å². The number of alkyl halides is 3. The molecule has 4 N–H and O–H groups in total. The fourth-order valence-electron chi connectivity index (χ4n) is 3.42. The minimum Gasteiger partial charge on any atom is -0.406 e. The standard InChI is InChI=1S/C23H21F3N6O2/c1-2-20(33)29-12-19(27)21-18(14-11-30-32(13-14)16-5-6-16)9-10-28-22(21)31-15-3-7-17(8-4-15)34-23(24,25)26/h2-4,7-11,13,16,27H,1,5-6,12H2,(H,28,31)(H,29,33)/p+1. The third kappa shape index (κ3) is 5.67. The third-order valence-electron chi connectivity index (χ3n) is 5.16. The number of nitrogens with zero attached hydrogens (tertiary/aromatic N) is 3. The summed E-state index contributed by atoms with van der Waals surface area (Å²) in [6.07, 6.45) is 3.72. The summed E-state index contributed by atoms with van der Waals surface area (Å²) in [4.78, 5) is 16.0. The molecule has 1 aliphatic rings. The second-order valence-electron chi connectivity index (χ2n) is 7.72. The van der Waals surface area contributed by atoms with Crippen LogP contribution in [0, 0.1) is 5.41 Å². The molecule has 1 aromatic carbocycles. The number of nitrogens with one attached hydrogen (secondary N) is 2. The number of carbonyl (C=O) groups is 1. The van der Waals surface area contributed by atoms with Crippen molar-refractivity contribution < 1.29 is 28.0 Å². The molecule has 0 bridgehead atoms. The molecule has 3 aromatic rings. The molecule has 0 radical (unpaired) electrons. The Kier molecular flexibility index (Phi) is 6.46. The fraction of sp³-hybridized carbons (Fsp3) is 0.217. The van der Waals surface area contributed by atoms with Crippen molar-refractivity contribution in [3.8, 4) is 16.9 Å². The molecule has 2 aromatic heterocycles. The molecule has 8 nitrogen and oxygen atoms in total. The number of halogens is 3. The van der Waals surface area contributed by atoms with Gasteiger partial charge >= 0.3 is 6.36 Å². The van der Waals surface area contributed by atoms with E-state index in [1.54, 1.807) is 23.8 Å². The highest BCUT2D eigenvalue weighted by Crippen LogP contribution is 2.36. The van der Waals surface area contributed by atoms with Crippen LogP contribution in [-0.4, -0.2) is 39.3 Å². The van der Waals surface area contributed by atoms with Crippen molar-refractivity contribution in [3.05, 3.63) is 67.1 Å². The predicted octanol–water partition coefficient (Wildman–Crippen LogP) is 3.38. The normalized spacial score (nSPS) is 13.4. The molecule has 1 aliphatic carbocycles. The monoisotopic (exact) mass is 471 g/mol.